The summed E-state index contributed by atoms with van der Waals surface area (Å²) >= 11 is 0. The minimum atomic E-state index is -3.53. The molecule has 0 bridgehead atoms. The molecule has 0 atom stereocenters. The van der Waals surface area contributed by atoms with Crippen LogP contribution in [0.5, 0.6) is 0 Å². The maximum absolute atomic E-state index is 12.9. The summed E-state index contributed by atoms with van der Waals surface area (Å²) in [6.07, 6.45) is 5.17. The van der Waals surface area contributed by atoms with Gasteiger partial charge in [-0.3, -0.25) is 4.79 Å². The van der Waals surface area contributed by atoms with Gasteiger partial charge in [-0.1, -0.05) is 31.4 Å². The predicted molar refractivity (Wildman–Crippen MR) is 112 cm³/mol. The van der Waals surface area contributed by atoms with E-state index >= 15 is 0 Å². The lowest BCUT2D eigenvalue weighted by Crippen LogP contribution is -2.38. The molecule has 5 nitrogen and oxygen atoms in total. The average Bonchev–Trinajstić information content (AvgIpc) is 2.70. The monoisotopic (exact) mass is 400 g/mol. The molecule has 1 amide bonds. The smallest absolute Gasteiger partial charge is 0.255 e. The lowest BCUT2D eigenvalue weighted by molar-refractivity contribution is 0.102. The summed E-state index contributed by atoms with van der Waals surface area (Å²) in [4.78, 5) is 12.8. The van der Waals surface area contributed by atoms with Crippen LogP contribution in [0.2, 0.25) is 0 Å². The summed E-state index contributed by atoms with van der Waals surface area (Å²) in [5.41, 5.74) is 3.19. The number of amides is 1. The van der Waals surface area contributed by atoms with E-state index in [0.717, 1.165) is 36.8 Å². The molecule has 2 aromatic rings. The van der Waals surface area contributed by atoms with Gasteiger partial charge < -0.3 is 5.32 Å². The highest BCUT2D eigenvalue weighted by atomic mass is 32.2. The molecule has 28 heavy (non-hydrogen) atoms. The van der Waals surface area contributed by atoms with Gasteiger partial charge in [0.15, 0.2) is 0 Å². The SMILES string of the molecule is Cc1cccc(C(=O)Nc2ccc(S(=O)(=O)N(C)C3CCCCC3)cc2)c1C. The molecular weight excluding hydrogens is 372 g/mol. The largest absolute Gasteiger partial charge is 0.322 e. The van der Waals surface area contributed by atoms with Gasteiger partial charge in [-0.05, 0) is 68.1 Å². The number of carbonyl (C=O) groups excluding carboxylic acids is 1. The summed E-state index contributed by atoms with van der Waals surface area (Å²) in [5, 5.41) is 2.85. The maximum atomic E-state index is 12.9. The van der Waals surface area contributed by atoms with E-state index in [4.69, 9.17) is 0 Å². The van der Waals surface area contributed by atoms with E-state index in [1.54, 1.807) is 37.4 Å². The van der Waals surface area contributed by atoms with Crippen molar-refractivity contribution < 1.29 is 13.2 Å². The number of anilines is 1. The zero-order valence-electron chi connectivity index (χ0n) is 16.7. The van der Waals surface area contributed by atoms with Gasteiger partial charge in [0.05, 0.1) is 4.90 Å². The van der Waals surface area contributed by atoms with Crippen molar-refractivity contribution in [2.75, 3.05) is 12.4 Å². The fraction of sp³-hybridized carbons (Fsp3) is 0.409. The Bertz CT molecular complexity index is 946. The molecule has 150 valence electrons. The first-order valence-electron chi connectivity index (χ1n) is 9.76. The number of sulfonamides is 1. The highest BCUT2D eigenvalue weighted by Crippen LogP contribution is 2.27. The van der Waals surface area contributed by atoms with Crippen LogP contribution < -0.4 is 5.32 Å². The molecule has 6 heteroatoms. The van der Waals surface area contributed by atoms with Crippen molar-refractivity contribution in [2.24, 2.45) is 0 Å². The minimum absolute atomic E-state index is 0.0717. The molecule has 2 aromatic carbocycles. The van der Waals surface area contributed by atoms with E-state index in [9.17, 15) is 13.2 Å². The molecule has 1 aliphatic rings. The van der Waals surface area contributed by atoms with Crippen LogP contribution in [0.25, 0.3) is 0 Å². The first kappa shape index (κ1) is 20.6. The van der Waals surface area contributed by atoms with Gasteiger partial charge in [-0.25, -0.2) is 8.42 Å². The number of hydrogen-bond acceptors (Lipinski definition) is 3. The van der Waals surface area contributed by atoms with Gasteiger partial charge >= 0.3 is 0 Å². The molecule has 0 aromatic heterocycles. The van der Waals surface area contributed by atoms with Crippen LogP contribution in [0.4, 0.5) is 5.69 Å². The van der Waals surface area contributed by atoms with Crippen molar-refractivity contribution in [1.29, 1.82) is 0 Å². The molecule has 3 rings (SSSR count). The number of nitrogens with one attached hydrogen (secondary N) is 1. The van der Waals surface area contributed by atoms with E-state index in [2.05, 4.69) is 5.32 Å². The summed E-state index contributed by atoms with van der Waals surface area (Å²) < 4.78 is 27.3. The van der Waals surface area contributed by atoms with Gasteiger partial charge in [-0.15, -0.1) is 0 Å². The number of nitrogens with zero attached hydrogens (tertiary/aromatic N) is 1. The average molecular weight is 401 g/mol. The quantitative estimate of drug-likeness (QED) is 0.803. The van der Waals surface area contributed by atoms with Crippen LogP contribution in [-0.2, 0) is 10.0 Å². The molecule has 1 fully saturated rings. The Kier molecular flexibility index (Phi) is 6.20. The summed E-state index contributed by atoms with van der Waals surface area (Å²) in [6, 6.07) is 12.1. The van der Waals surface area contributed by atoms with E-state index in [1.165, 1.54) is 10.7 Å². The molecule has 1 N–H and O–H groups in total. The predicted octanol–water partition coefficient (Wildman–Crippen LogP) is 4.51. The number of carbonyl (C=O) groups is 1. The van der Waals surface area contributed by atoms with Crippen molar-refractivity contribution in [2.45, 2.75) is 56.9 Å². The summed E-state index contributed by atoms with van der Waals surface area (Å²) in [6.45, 7) is 3.88. The fourth-order valence-corrected chi connectivity index (χ4v) is 5.13. The summed E-state index contributed by atoms with van der Waals surface area (Å²) in [7, 11) is -1.86. The van der Waals surface area contributed by atoms with Gasteiger partial charge in [0.2, 0.25) is 10.0 Å². The van der Waals surface area contributed by atoms with E-state index in [-0.39, 0.29) is 16.8 Å². The number of aryl methyl sites for hydroxylation is 1. The fourth-order valence-electron chi connectivity index (χ4n) is 3.71. The molecule has 1 saturated carbocycles. The Morgan fingerprint density at radius 3 is 2.29 bits per heavy atom. The standard InChI is InChI=1S/C22H28N2O3S/c1-16-8-7-11-21(17(16)2)22(25)23-18-12-14-20(15-13-18)28(26,27)24(3)19-9-5-4-6-10-19/h7-8,11-15,19H,4-6,9-10H2,1-3H3,(H,23,25). The van der Waals surface area contributed by atoms with Crippen LogP contribution in [0, 0.1) is 13.8 Å². The zero-order valence-corrected chi connectivity index (χ0v) is 17.6. The molecule has 0 spiro atoms. The minimum Gasteiger partial charge on any atom is -0.322 e. The molecule has 0 saturated heterocycles. The molecular formula is C22H28N2O3S. The maximum Gasteiger partial charge on any atom is 0.255 e. The lowest BCUT2D eigenvalue weighted by Gasteiger charge is -2.30. The van der Waals surface area contributed by atoms with E-state index in [0.29, 0.717) is 11.3 Å². The van der Waals surface area contributed by atoms with Crippen LogP contribution in [0.1, 0.15) is 53.6 Å². The number of benzene rings is 2. The molecule has 0 heterocycles. The third-order valence-corrected chi connectivity index (χ3v) is 7.65. The number of rotatable bonds is 5. The van der Waals surface area contributed by atoms with E-state index < -0.39 is 10.0 Å². The van der Waals surface area contributed by atoms with E-state index in [1.807, 2.05) is 26.0 Å². The molecule has 0 radical (unpaired) electrons. The highest BCUT2D eigenvalue weighted by Gasteiger charge is 2.28. The Hall–Kier alpha value is -2.18. The Labute approximate surface area is 167 Å². The van der Waals surface area contributed by atoms with Crippen molar-refractivity contribution >= 4 is 21.6 Å². The normalized spacial score (nSPS) is 15.6. The zero-order chi connectivity index (χ0) is 20.3. The topological polar surface area (TPSA) is 66.5 Å². The number of hydrogen-bond donors (Lipinski definition) is 1. The highest BCUT2D eigenvalue weighted by molar-refractivity contribution is 7.89. The summed E-state index contributed by atoms with van der Waals surface area (Å²) in [5.74, 6) is -0.198. The van der Waals surface area contributed by atoms with Crippen molar-refractivity contribution in [3.63, 3.8) is 0 Å². The van der Waals surface area contributed by atoms with Gasteiger partial charge in [0, 0.05) is 24.3 Å². The Morgan fingerprint density at radius 2 is 1.64 bits per heavy atom. The van der Waals surface area contributed by atoms with Crippen LogP contribution in [-0.4, -0.2) is 31.7 Å². The van der Waals surface area contributed by atoms with Crippen molar-refractivity contribution in [3.05, 3.63) is 59.2 Å². The van der Waals surface area contributed by atoms with Crippen molar-refractivity contribution in [3.8, 4) is 0 Å². The molecule has 0 unspecified atom stereocenters. The third kappa shape index (κ3) is 4.28. The van der Waals surface area contributed by atoms with Gasteiger partial charge in [-0.2, -0.15) is 4.31 Å². The van der Waals surface area contributed by atoms with Gasteiger partial charge in [0.25, 0.3) is 5.91 Å². The van der Waals surface area contributed by atoms with Crippen LogP contribution >= 0.6 is 0 Å². The second-order valence-electron chi connectivity index (χ2n) is 7.54. The van der Waals surface area contributed by atoms with Gasteiger partial charge in [0.1, 0.15) is 0 Å². The molecule has 1 aliphatic carbocycles. The van der Waals surface area contributed by atoms with Crippen molar-refractivity contribution in [1.82, 2.24) is 4.31 Å². The second-order valence-corrected chi connectivity index (χ2v) is 9.54. The molecule has 0 aliphatic heterocycles. The first-order valence-corrected chi connectivity index (χ1v) is 11.2. The first-order chi connectivity index (χ1) is 13.3. The lowest BCUT2D eigenvalue weighted by atomic mass is 9.96. The van der Waals surface area contributed by atoms with Crippen LogP contribution in [0.3, 0.4) is 0 Å². The Balaban J connectivity index is 1.74. The third-order valence-electron chi connectivity index (χ3n) is 5.73. The van der Waals surface area contributed by atoms with Crippen LogP contribution in [0.15, 0.2) is 47.4 Å². The second kappa shape index (κ2) is 8.45. The Morgan fingerprint density at radius 1 is 1.00 bits per heavy atom.